The number of halogens is 1. The molecule has 0 unspecified atom stereocenters. The second kappa shape index (κ2) is 4.23. The van der Waals surface area contributed by atoms with E-state index in [9.17, 15) is 4.79 Å². The van der Waals surface area contributed by atoms with Crippen molar-refractivity contribution in [2.24, 2.45) is 0 Å². The van der Waals surface area contributed by atoms with Crippen molar-refractivity contribution >= 4 is 33.7 Å². The van der Waals surface area contributed by atoms with Gasteiger partial charge in [0.2, 0.25) is 5.95 Å². The fourth-order valence-corrected chi connectivity index (χ4v) is 1.45. The minimum atomic E-state index is -0.967. The van der Waals surface area contributed by atoms with Crippen LogP contribution in [0.25, 0.3) is 0 Å². The van der Waals surface area contributed by atoms with E-state index in [4.69, 9.17) is 10.8 Å². The van der Waals surface area contributed by atoms with Crippen molar-refractivity contribution in [3.8, 4) is 0 Å². The summed E-state index contributed by atoms with van der Waals surface area (Å²) in [5, 5.41) is 11.4. The van der Waals surface area contributed by atoms with Crippen LogP contribution < -0.4 is 11.1 Å². The zero-order valence-electron chi connectivity index (χ0n) is 7.41. The van der Waals surface area contributed by atoms with Gasteiger partial charge in [-0.25, -0.2) is 4.98 Å². The number of carboxylic acid groups (broad SMARTS) is 1. The Bertz CT molecular complexity index is 369. The topological polar surface area (TPSA) is 101 Å². The number of aromatic nitrogens is 2. The van der Waals surface area contributed by atoms with Crippen molar-refractivity contribution in [2.45, 2.75) is 6.42 Å². The molecule has 0 aliphatic rings. The molecule has 1 rings (SSSR count). The molecule has 4 N–H and O–H groups in total. The highest BCUT2D eigenvalue weighted by molar-refractivity contribution is 9.10. The van der Waals surface area contributed by atoms with Gasteiger partial charge in [-0.05, 0) is 15.9 Å². The van der Waals surface area contributed by atoms with Crippen LogP contribution in [0.5, 0.6) is 0 Å². The van der Waals surface area contributed by atoms with Crippen LogP contribution in [0.15, 0.2) is 4.47 Å². The molecule has 7 heteroatoms. The summed E-state index contributed by atoms with van der Waals surface area (Å²) in [5.41, 5.74) is 5.76. The Hall–Kier alpha value is -1.37. The van der Waals surface area contributed by atoms with Crippen LogP contribution in [-0.4, -0.2) is 28.1 Å². The normalized spacial score (nSPS) is 9.86. The quantitative estimate of drug-likeness (QED) is 0.732. The largest absolute Gasteiger partial charge is 0.481 e. The molecule has 0 saturated heterocycles. The number of rotatable bonds is 3. The molecular formula is C7H9BrN4O2. The van der Waals surface area contributed by atoms with Gasteiger partial charge in [0, 0.05) is 7.05 Å². The Labute approximate surface area is 88.7 Å². The first-order valence-electron chi connectivity index (χ1n) is 3.76. The third-order valence-electron chi connectivity index (χ3n) is 1.49. The number of nitrogens with zero attached hydrogens (tertiary/aromatic N) is 2. The van der Waals surface area contributed by atoms with Gasteiger partial charge in [0.25, 0.3) is 0 Å². The molecule has 0 bridgehead atoms. The second-order valence-electron chi connectivity index (χ2n) is 2.51. The molecule has 0 amide bonds. The minimum Gasteiger partial charge on any atom is -0.481 e. The van der Waals surface area contributed by atoms with Crippen molar-refractivity contribution < 1.29 is 9.90 Å². The fourth-order valence-electron chi connectivity index (χ4n) is 0.939. The molecule has 0 aliphatic heterocycles. The monoisotopic (exact) mass is 260 g/mol. The highest BCUT2D eigenvalue weighted by Crippen LogP contribution is 2.24. The van der Waals surface area contributed by atoms with Gasteiger partial charge in [0.1, 0.15) is 5.82 Å². The zero-order valence-corrected chi connectivity index (χ0v) is 9.00. The first-order valence-corrected chi connectivity index (χ1v) is 4.55. The summed E-state index contributed by atoms with van der Waals surface area (Å²) in [5.74, 6) is -0.437. The average Bonchev–Trinajstić information content (AvgIpc) is 2.09. The van der Waals surface area contributed by atoms with E-state index in [-0.39, 0.29) is 12.4 Å². The number of carboxylic acids is 1. The summed E-state index contributed by atoms with van der Waals surface area (Å²) >= 11 is 3.20. The van der Waals surface area contributed by atoms with E-state index in [0.29, 0.717) is 16.0 Å². The van der Waals surface area contributed by atoms with Gasteiger partial charge in [-0.1, -0.05) is 0 Å². The van der Waals surface area contributed by atoms with Crippen LogP contribution in [0, 0.1) is 0 Å². The summed E-state index contributed by atoms with van der Waals surface area (Å²) in [4.78, 5) is 18.2. The van der Waals surface area contributed by atoms with E-state index < -0.39 is 5.97 Å². The lowest BCUT2D eigenvalue weighted by Crippen LogP contribution is -2.09. The SMILES string of the molecule is CNc1nc(N)nc(CC(=O)O)c1Br. The Balaban J connectivity index is 3.15. The molecule has 1 heterocycles. The zero-order chi connectivity index (χ0) is 10.7. The predicted octanol–water partition coefficient (Wildman–Crippen LogP) is 0.490. The minimum absolute atomic E-state index is 0.0498. The van der Waals surface area contributed by atoms with Crippen LogP contribution in [0.3, 0.4) is 0 Å². The lowest BCUT2D eigenvalue weighted by atomic mass is 10.3. The van der Waals surface area contributed by atoms with Crippen molar-refractivity contribution in [3.05, 3.63) is 10.2 Å². The molecule has 1 aromatic heterocycles. The number of aliphatic carboxylic acids is 1. The number of nitrogen functional groups attached to an aromatic ring is 1. The summed E-state index contributed by atoms with van der Waals surface area (Å²) in [6, 6.07) is 0. The maximum absolute atomic E-state index is 10.5. The van der Waals surface area contributed by atoms with Gasteiger partial charge >= 0.3 is 5.97 Å². The third kappa shape index (κ3) is 2.32. The first kappa shape index (κ1) is 10.7. The van der Waals surface area contributed by atoms with Gasteiger partial charge in [-0.3, -0.25) is 4.79 Å². The molecular weight excluding hydrogens is 252 g/mol. The molecule has 0 aliphatic carbocycles. The highest BCUT2D eigenvalue weighted by atomic mass is 79.9. The summed E-state index contributed by atoms with van der Waals surface area (Å²) in [7, 11) is 1.66. The number of hydrogen-bond donors (Lipinski definition) is 3. The van der Waals surface area contributed by atoms with Crippen molar-refractivity contribution in [2.75, 3.05) is 18.1 Å². The second-order valence-corrected chi connectivity index (χ2v) is 3.30. The van der Waals surface area contributed by atoms with Gasteiger partial charge < -0.3 is 16.2 Å². The third-order valence-corrected chi connectivity index (χ3v) is 2.33. The number of nitrogens with two attached hydrogens (primary N) is 1. The number of nitrogens with one attached hydrogen (secondary N) is 1. The average molecular weight is 261 g/mol. The Kier molecular flexibility index (Phi) is 3.23. The summed E-state index contributed by atoms with van der Waals surface area (Å²) in [6.07, 6.45) is -0.192. The lowest BCUT2D eigenvalue weighted by molar-refractivity contribution is -0.136. The van der Waals surface area contributed by atoms with E-state index >= 15 is 0 Å². The Morgan fingerprint density at radius 1 is 1.64 bits per heavy atom. The van der Waals surface area contributed by atoms with Gasteiger partial charge in [0.15, 0.2) is 0 Å². The van der Waals surface area contributed by atoms with E-state index in [1.165, 1.54) is 0 Å². The highest BCUT2D eigenvalue weighted by Gasteiger charge is 2.12. The summed E-state index contributed by atoms with van der Waals surface area (Å²) in [6.45, 7) is 0. The Morgan fingerprint density at radius 3 is 2.79 bits per heavy atom. The first-order chi connectivity index (χ1) is 6.54. The predicted molar refractivity (Wildman–Crippen MR) is 55.0 cm³/mol. The van der Waals surface area contributed by atoms with Crippen molar-refractivity contribution in [1.82, 2.24) is 9.97 Å². The maximum atomic E-state index is 10.5. The van der Waals surface area contributed by atoms with Gasteiger partial charge in [-0.2, -0.15) is 4.98 Å². The Morgan fingerprint density at radius 2 is 2.29 bits per heavy atom. The van der Waals surface area contributed by atoms with Crippen molar-refractivity contribution in [1.29, 1.82) is 0 Å². The van der Waals surface area contributed by atoms with Crippen LogP contribution in [0.4, 0.5) is 11.8 Å². The number of carbonyl (C=O) groups is 1. The van der Waals surface area contributed by atoms with Crippen LogP contribution >= 0.6 is 15.9 Å². The van der Waals surface area contributed by atoms with E-state index in [1.807, 2.05) is 0 Å². The van der Waals surface area contributed by atoms with Crippen LogP contribution in [0.1, 0.15) is 5.69 Å². The van der Waals surface area contributed by atoms with E-state index in [2.05, 4.69) is 31.2 Å². The molecule has 0 saturated carbocycles. The molecule has 0 atom stereocenters. The van der Waals surface area contributed by atoms with E-state index in [0.717, 1.165) is 0 Å². The lowest BCUT2D eigenvalue weighted by Gasteiger charge is -2.07. The standard InChI is InChI=1S/C7H9BrN4O2/c1-10-6-5(8)3(2-4(13)14)11-7(9)12-6/h2H2,1H3,(H,13,14)(H3,9,10,11,12). The van der Waals surface area contributed by atoms with Gasteiger partial charge in [-0.15, -0.1) is 0 Å². The number of hydrogen-bond acceptors (Lipinski definition) is 5. The van der Waals surface area contributed by atoms with E-state index in [1.54, 1.807) is 7.05 Å². The van der Waals surface area contributed by atoms with Crippen molar-refractivity contribution in [3.63, 3.8) is 0 Å². The smallest absolute Gasteiger partial charge is 0.309 e. The van der Waals surface area contributed by atoms with Crippen LogP contribution in [-0.2, 0) is 11.2 Å². The maximum Gasteiger partial charge on any atom is 0.309 e. The molecule has 0 fully saturated rings. The fraction of sp³-hybridized carbons (Fsp3) is 0.286. The molecule has 0 aromatic carbocycles. The molecule has 0 radical (unpaired) electrons. The molecule has 0 spiro atoms. The summed E-state index contributed by atoms with van der Waals surface area (Å²) < 4.78 is 0.525. The molecule has 1 aromatic rings. The number of anilines is 2. The van der Waals surface area contributed by atoms with Crippen LogP contribution in [0.2, 0.25) is 0 Å². The van der Waals surface area contributed by atoms with Gasteiger partial charge in [0.05, 0.1) is 16.6 Å². The molecule has 14 heavy (non-hydrogen) atoms. The molecule has 76 valence electrons. The molecule has 6 nitrogen and oxygen atoms in total.